The van der Waals surface area contributed by atoms with E-state index in [1.165, 1.54) is 10.9 Å². The van der Waals surface area contributed by atoms with Crippen molar-refractivity contribution < 1.29 is 0 Å². The van der Waals surface area contributed by atoms with Crippen LogP contribution in [0.3, 0.4) is 0 Å². The second kappa shape index (κ2) is 5.02. The van der Waals surface area contributed by atoms with E-state index in [2.05, 4.69) is 51.0 Å². The number of nitrogens with zero attached hydrogens (tertiary/aromatic N) is 1. The first-order valence-corrected chi connectivity index (χ1v) is 6.90. The number of H-pyrrole nitrogens is 1. The number of fused-ring (bicyclic) bond motifs is 1. The SMILES string of the molecule is Cc1ccc(N=Cc2c[nH]c3ccccc23)cc1Br. The second-order valence-corrected chi connectivity index (χ2v) is 5.34. The largest absolute Gasteiger partial charge is 0.361 e. The Morgan fingerprint density at radius 3 is 2.84 bits per heavy atom. The van der Waals surface area contributed by atoms with Gasteiger partial charge in [0, 0.05) is 33.4 Å². The summed E-state index contributed by atoms with van der Waals surface area (Å²) < 4.78 is 1.08. The van der Waals surface area contributed by atoms with Gasteiger partial charge in [0.1, 0.15) is 0 Å². The number of aromatic nitrogens is 1. The lowest BCUT2D eigenvalue weighted by molar-refractivity contribution is 1.40. The Hall–Kier alpha value is -1.87. The fourth-order valence-corrected chi connectivity index (χ4v) is 2.37. The van der Waals surface area contributed by atoms with Crippen LogP contribution in [0, 0.1) is 6.92 Å². The Morgan fingerprint density at radius 2 is 2.00 bits per heavy atom. The molecule has 0 saturated heterocycles. The average molecular weight is 313 g/mol. The zero-order valence-electron chi connectivity index (χ0n) is 10.5. The summed E-state index contributed by atoms with van der Waals surface area (Å²) in [4.78, 5) is 7.77. The van der Waals surface area contributed by atoms with Crippen LogP contribution in [0.1, 0.15) is 11.1 Å². The van der Waals surface area contributed by atoms with E-state index in [0.29, 0.717) is 0 Å². The zero-order valence-corrected chi connectivity index (χ0v) is 12.1. The van der Waals surface area contributed by atoms with Crippen molar-refractivity contribution in [2.45, 2.75) is 6.92 Å². The standard InChI is InChI=1S/C16H13BrN2/c1-11-6-7-13(8-15(11)17)18-9-12-10-19-16-5-3-2-4-14(12)16/h2-10,19H,1H3. The smallest absolute Gasteiger partial charge is 0.0641 e. The molecule has 0 saturated carbocycles. The summed E-state index contributed by atoms with van der Waals surface area (Å²) in [6.07, 6.45) is 3.88. The molecule has 2 aromatic carbocycles. The molecule has 0 spiro atoms. The van der Waals surface area contributed by atoms with Crippen LogP contribution in [0.4, 0.5) is 5.69 Å². The molecule has 19 heavy (non-hydrogen) atoms. The lowest BCUT2D eigenvalue weighted by Gasteiger charge is -1.98. The molecule has 0 unspecified atom stereocenters. The molecule has 1 heterocycles. The third-order valence-corrected chi connectivity index (χ3v) is 3.98. The first kappa shape index (κ1) is 12.2. The lowest BCUT2D eigenvalue weighted by atomic mass is 10.2. The number of nitrogens with one attached hydrogen (secondary N) is 1. The van der Waals surface area contributed by atoms with Gasteiger partial charge >= 0.3 is 0 Å². The fraction of sp³-hybridized carbons (Fsp3) is 0.0625. The third-order valence-electron chi connectivity index (χ3n) is 3.13. The van der Waals surface area contributed by atoms with Gasteiger partial charge < -0.3 is 4.98 Å². The number of aromatic amines is 1. The highest BCUT2D eigenvalue weighted by Gasteiger charge is 2.00. The van der Waals surface area contributed by atoms with E-state index in [-0.39, 0.29) is 0 Å². The normalized spacial score (nSPS) is 11.5. The van der Waals surface area contributed by atoms with Gasteiger partial charge in [-0.25, -0.2) is 0 Å². The molecular weight excluding hydrogens is 300 g/mol. The van der Waals surface area contributed by atoms with Crippen LogP contribution in [-0.2, 0) is 0 Å². The lowest BCUT2D eigenvalue weighted by Crippen LogP contribution is -1.78. The summed E-state index contributed by atoms with van der Waals surface area (Å²) in [6.45, 7) is 2.07. The summed E-state index contributed by atoms with van der Waals surface area (Å²) in [5.74, 6) is 0. The van der Waals surface area contributed by atoms with Gasteiger partial charge in [0.05, 0.1) is 5.69 Å². The molecule has 0 aliphatic rings. The van der Waals surface area contributed by atoms with Gasteiger partial charge in [0.2, 0.25) is 0 Å². The minimum Gasteiger partial charge on any atom is -0.361 e. The van der Waals surface area contributed by atoms with E-state index in [1.54, 1.807) is 0 Å². The van der Waals surface area contributed by atoms with E-state index in [1.807, 2.05) is 36.7 Å². The van der Waals surface area contributed by atoms with Crippen molar-refractivity contribution in [2.75, 3.05) is 0 Å². The number of hydrogen-bond acceptors (Lipinski definition) is 1. The average Bonchev–Trinajstić information content (AvgIpc) is 2.83. The van der Waals surface area contributed by atoms with Gasteiger partial charge in [-0.15, -0.1) is 0 Å². The van der Waals surface area contributed by atoms with E-state index in [0.717, 1.165) is 21.2 Å². The van der Waals surface area contributed by atoms with Crippen molar-refractivity contribution in [3.63, 3.8) is 0 Å². The van der Waals surface area contributed by atoms with Gasteiger partial charge in [0.15, 0.2) is 0 Å². The topological polar surface area (TPSA) is 28.1 Å². The number of rotatable bonds is 2. The summed E-state index contributed by atoms with van der Waals surface area (Å²) in [7, 11) is 0. The Balaban J connectivity index is 1.96. The number of para-hydroxylation sites is 1. The molecule has 3 rings (SSSR count). The van der Waals surface area contributed by atoms with Crippen molar-refractivity contribution >= 4 is 38.7 Å². The molecule has 0 aliphatic heterocycles. The van der Waals surface area contributed by atoms with Gasteiger partial charge in [-0.2, -0.15) is 0 Å². The first-order valence-electron chi connectivity index (χ1n) is 6.10. The van der Waals surface area contributed by atoms with Crippen LogP contribution >= 0.6 is 15.9 Å². The predicted octanol–water partition coefficient (Wildman–Crippen LogP) is 4.99. The number of aryl methyl sites for hydroxylation is 1. The molecule has 0 amide bonds. The van der Waals surface area contributed by atoms with Gasteiger partial charge in [0.25, 0.3) is 0 Å². The van der Waals surface area contributed by atoms with Crippen LogP contribution in [0.25, 0.3) is 10.9 Å². The highest BCUT2D eigenvalue weighted by Crippen LogP contribution is 2.23. The molecule has 0 bridgehead atoms. The molecule has 0 aliphatic carbocycles. The molecule has 94 valence electrons. The second-order valence-electron chi connectivity index (χ2n) is 4.48. The maximum Gasteiger partial charge on any atom is 0.0641 e. The molecule has 0 atom stereocenters. The molecule has 3 aromatic rings. The zero-order chi connectivity index (χ0) is 13.2. The maximum absolute atomic E-state index is 4.53. The van der Waals surface area contributed by atoms with E-state index in [9.17, 15) is 0 Å². The van der Waals surface area contributed by atoms with E-state index in [4.69, 9.17) is 0 Å². The van der Waals surface area contributed by atoms with Crippen molar-refractivity contribution in [1.82, 2.24) is 4.98 Å². The van der Waals surface area contributed by atoms with Crippen molar-refractivity contribution in [1.29, 1.82) is 0 Å². The van der Waals surface area contributed by atoms with E-state index < -0.39 is 0 Å². The maximum atomic E-state index is 4.53. The Kier molecular flexibility index (Phi) is 3.22. The van der Waals surface area contributed by atoms with Crippen molar-refractivity contribution in [2.24, 2.45) is 4.99 Å². The van der Waals surface area contributed by atoms with Crippen LogP contribution in [0.2, 0.25) is 0 Å². The Morgan fingerprint density at radius 1 is 1.16 bits per heavy atom. The highest BCUT2D eigenvalue weighted by atomic mass is 79.9. The summed E-state index contributed by atoms with van der Waals surface area (Å²) in [5.41, 5.74) is 4.40. The quantitative estimate of drug-likeness (QED) is 0.646. The molecule has 1 N–H and O–H groups in total. The number of halogens is 1. The van der Waals surface area contributed by atoms with Crippen LogP contribution in [0.5, 0.6) is 0 Å². The molecule has 1 aromatic heterocycles. The minimum absolute atomic E-state index is 0.947. The van der Waals surface area contributed by atoms with Crippen LogP contribution in [-0.4, -0.2) is 11.2 Å². The molecule has 0 fully saturated rings. The molecular formula is C16H13BrN2. The fourth-order valence-electron chi connectivity index (χ4n) is 2.01. The van der Waals surface area contributed by atoms with Gasteiger partial charge in [-0.05, 0) is 30.7 Å². The van der Waals surface area contributed by atoms with Crippen molar-refractivity contribution in [3.8, 4) is 0 Å². The molecule has 2 nitrogen and oxygen atoms in total. The Bertz CT molecular complexity index is 756. The number of benzene rings is 2. The van der Waals surface area contributed by atoms with Crippen LogP contribution in [0.15, 0.2) is 58.1 Å². The minimum atomic E-state index is 0.947. The monoisotopic (exact) mass is 312 g/mol. The first-order chi connectivity index (χ1) is 9.24. The van der Waals surface area contributed by atoms with Crippen LogP contribution < -0.4 is 0 Å². The predicted molar refractivity (Wildman–Crippen MR) is 84.4 cm³/mol. The summed E-state index contributed by atoms with van der Waals surface area (Å²) in [5, 5.41) is 1.19. The molecule has 3 heteroatoms. The van der Waals surface area contributed by atoms with Gasteiger partial charge in [-0.3, -0.25) is 4.99 Å². The summed E-state index contributed by atoms with van der Waals surface area (Å²) >= 11 is 3.52. The van der Waals surface area contributed by atoms with Crippen molar-refractivity contribution in [3.05, 3.63) is 64.3 Å². The summed E-state index contributed by atoms with van der Waals surface area (Å²) in [6, 6.07) is 14.3. The third kappa shape index (κ3) is 2.47. The number of aliphatic imine (C=N–C) groups is 1. The van der Waals surface area contributed by atoms with Gasteiger partial charge in [-0.1, -0.05) is 40.2 Å². The van der Waals surface area contributed by atoms with E-state index >= 15 is 0 Å². The Labute approximate surface area is 120 Å². The molecule has 0 radical (unpaired) electrons. The number of hydrogen-bond donors (Lipinski definition) is 1. The highest BCUT2D eigenvalue weighted by molar-refractivity contribution is 9.10.